The number of amides is 4. The van der Waals surface area contributed by atoms with E-state index in [-0.39, 0.29) is 12.5 Å². The molecule has 0 aromatic heterocycles. The largest absolute Gasteiger partial charge is 0.366 e. The summed E-state index contributed by atoms with van der Waals surface area (Å²) in [6, 6.07) is 12.8. The van der Waals surface area contributed by atoms with Gasteiger partial charge >= 0.3 is 0 Å². The summed E-state index contributed by atoms with van der Waals surface area (Å²) in [5, 5.41) is 5.16. The number of rotatable bonds is 6. The van der Waals surface area contributed by atoms with E-state index in [2.05, 4.69) is 10.6 Å². The Kier molecular flexibility index (Phi) is 5.69. The van der Waals surface area contributed by atoms with Crippen molar-refractivity contribution < 1.29 is 19.2 Å². The molecular weight excluding hydrogens is 360 g/mol. The highest BCUT2D eigenvalue weighted by Crippen LogP contribution is 2.21. The molecule has 1 saturated heterocycles. The number of anilines is 2. The third-order valence-corrected chi connectivity index (χ3v) is 4.38. The fraction of sp³-hybridized carbons (Fsp3) is 0.200. The van der Waals surface area contributed by atoms with Crippen molar-refractivity contribution >= 4 is 35.0 Å². The Bertz CT molecular complexity index is 907. The SMILES string of the molecule is NC(=O)c1ccc(NC(=O)CNC(=O)c2ccc(N3CCCC3=O)cc2)cc1. The summed E-state index contributed by atoms with van der Waals surface area (Å²) >= 11 is 0. The van der Waals surface area contributed by atoms with Crippen LogP contribution in [-0.2, 0) is 9.59 Å². The van der Waals surface area contributed by atoms with Crippen LogP contribution in [0.4, 0.5) is 11.4 Å². The van der Waals surface area contributed by atoms with Crippen molar-refractivity contribution in [2.75, 3.05) is 23.3 Å². The molecule has 0 atom stereocenters. The quantitative estimate of drug-likeness (QED) is 0.699. The van der Waals surface area contributed by atoms with Gasteiger partial charge < -0.3 is 21.3 Å². The molecule has 28 heavy (non-hydrogen) atoms. The van der Waals surface area contributed by atoms with E-state index in [4.69, 9.17) is 5.73 Å². The van der Waals surface area contributed by atoms with Gasteiger partial charge in [-0.1, -0.05) is 0 Å². The van der Waals surface area contributed by atoms with Gasteiger partial charge in [0, 0.05) is 35.5 Å². The number of nitrogens with two attached hydrogens (primary N) is 1. The average Bonchev–Trinajstić information content (AvgIpc) is 3.12. The summed E-state index contributed by atoms with van der Waals surface area (Å²) in [5.41, 5.74) is 7.15. The van der Waals surface area contributed by atoms with E-state index in [1.807, 2.05) is 0 Å². The highest BCUT2D eigenvalue weighted by Gasteiger charge is 2.21. The number of nitrogens with one attached hydrogen (secondary N) is 2. The van der Waals surface area contributed by atoms with Gasteiger partial charge in [-0.05, 0) is 55.0 Å². The van der Waals surface area contributed by atoms with Crippen molar-refractivity contribution in [1.82, 2.24) is 5.32 Å². The van der Waals surface area contributed by atoms with Crippen LogP contribution in [0, 0.1) is 0 Å². The topological polar surface area (TPSA) is 122 Å². The van der Waals surface area contributed by atoms with E-state index >= 15 is 0 Å². The number of carbonyl (C=O) groups is 4. The second kappa shape index (κ2) is 8.34. The number of hydrogen-bond donors (Lipinski definition) is 3. The molecule has 0 spiro atoms. The summed E-state index contributed by atoms with van der Waals surface area (Å²) in [5.74, 6) is -1.26. The van der Waals surface area contributed by atoms with Gasteiger partial charge in [0.05, 0.1) is 6.54 Å². The molecule has 144 valence electrons. The molecule has 0 aliphatic carbocycles. The molecule has 2 aromatic carbocycles. The number of hydrogen-bond acceptors (Lipinski definition) is 4. The van der Waals surface area contributed by atoms with Crippen LogP contribution in [-0.4, -0.2) is 36.7 Å². The molecule has 1 fully saturated rings. The molecule has 1 aliphatic rings. The molecule has 0 unspecified atom stereocenters. The Balaban J connectivity index is 1.51. The summed E-state index contributed by atoms with van der Waals surface area (Å²) < 4.78 is 0. The second-order valence-electron chi connectivity index (χ2n) is 6.37. The van der Waals surface area contributed by atoms with Crippen LogP contribution in [0.15, 0.2) is 48.5 Å². The smallest absolute Gasteiger partial charge is 0.251 e. The molecule has 2 aromatic rings. The lowest BCUT2D eigenvalue weighted by Gasteiger charge is -2.15. The highest BCUT2D eigenvalue weighted by molar-refractivity contribution is 6.00. The first-order valence-electron chi connectivity index (χ1n) is 8.82. The fourth-order valence-electron chi connectivity index (χ4n) is 2.90. The zero-order valence-corrected chi connectivity index (χ0v) is 15.1. The van der Waals surface area contributed by atoms with Gasteiger partial charge in [0.15, 0.2) is 0 Å². The predicted molar refractivity (Wildman–Crippen MR) is 104 cm³/mol. The third-order valence-electron chi connectivity index (χ3n) is 4.38. The van der Waals surface area contributed by atoms with Gasteiger partial charge in [-0.25, -0.2) is 0 Å². The van der Waals surface area contributed by atoms with Gasteiger partial charge in [0.2, 0.25) is 17.7 Å². The Hall–Kier alpha value is -3.68. The summed E-state index contributed by atoms with van der Waals surface area (Å²) in [6.45, 7) is 0.480. The molecule has 0 radical (unpaired) electrons. The normalized spacial score (nSPS) is 13.3. The van der Waals surface area contributed by atoms with Crippen molar-refractivity contribution in [1.29, 1.82) is 0 Å². The van der Waals surface area contributed by atoms with E-state index in [9.17, 15) is 19.2 Å². The van der Waals surface area contributed by atoms with Crippen molar-refractivity contribution in [3.63, 3.8) is 0 Å². The van der Waals surface area contributed by atoms with Crippen LogP contribution in [0.25, 0.3) is 0 Å². The molecular formula is C20H20N4O4. The average molecular weight is 380 g/mol. The maximum absolute atomic E-state index is 12.2. The minimum absolute atomic E-state index is 0.0812. The van der Waals surface area contributed by atoms with E-state index < -0.39 is 17.7 Å². The van der Waals surface area contributed by atoms with Crippen molar-refractivity contribution in [2.45, 2.75) is 12.8 Å². The van der Waals surface area contributed by atoms with Crippen molar-refractivity contribution in [3.05, 3.63) is 59.7 Å². The lowest BCUT2D eigenvalue weighted by molar-refractivity contribution is -0.117. The molecule has 0 saturated carbocycles. The Labute approximate surface area is 161 Å². The predicted octanol–water partition coefficient (Wildman–Crippen LogP) is 1.28. The van der Waals surface area contributed by atoms with Crippen LogP contribution in [0.3, 0.4) is 0 Å². The summed E-state index contributed by atoms with van der Waals surface area (Å²) in [6.07, 6.45) is 1.38. The molecule has 0 bridgehead atoms. The first-order valence-corrected chi connectivity index (χ1v) is 8.82. The van der Waals surface area contributed by atoms with E-state index in [1.54, 1.807) is 41.3 Å². The number of nitrogens with zero attached hydrogens (tertiary/aromatic N) is 1. The number of carbonyl (C=O) groups excluding carboxylic acids is 4. The Morgan fingerprint density at radius 3 is 2.18 bits per heavy atom. The van der Waals surface area contributed by atoms with Crippen LogP contribution < -0.4 is 21.3 Å². The minimum atomic E-state index is -0.551. The third kappa shape index (κ3) is 4.53. The first kappa shape index (κ1) is 19.1. The zero-order valence-electron chi connectivity index (χ0n) is 15.1. The zero-order chi connectivity index (χ0) is 20.1. The maximum atomic E-state index is 12.2. The molecule has 1 aliphatic heterocycles. The monoisotopic (exact) mass is 380 g/mol. The van der Waals surface area contributed by atoms with Gasteiger partial charge in [-0.3, -0.25) is 19.2 Å². The van der Waals surface area contributed by atoms with Gasteiger partial charge in [0.1, 0.15) is 0 Å². The molecule has 8 nitrogen and oxygen atoms in total. The summed E-state index contributed by atoms with van der Waals surface area (Å²) in [7, 11) is 0. The molecule has 4 N–H and O–H groups in total. The fourth-order valence-corrected chi connectivity index (χ4v) is 2.90. The Morgan fingerprint density at radius 2 is 1.61 bits per heavy atom. The Morgan fingerprint density at radius 1 is 0.964 bits per heavy atom. The number of primary amides is 1. The van der Waals surface area contributed by atoms with E-state index in [0.29, 0.717) is 29.8 Å². The van der Waals surface area contributed by atoms with Crippen molar-refractivity contribution in [3.8, 4) is 0 Å². The minimum Gasteiger partial charge on any atom is -0.366 e. The highest BCUT2D eigenvalue weighted by atomic mass is 16.2. The summed E-state index contributed by atoms with van der Waals surface area (Å²) in [4.78, 5) is 48.6. The first-order chi connectivity index (χ1) is 13.4. The van der Waals surface area contributed by atoms with E-state index in [1.165, 1.54) is 12.1 Å². The van der Waals surface area contributed by atoms with E-state index in [0.717, 1.165) is 12.1 Å². The molecule has 8 heteroatoms. The van der Waals surface area contributed by atoms with Gasteiger partial charge in [-0.2, -0.15) is 0 Å². The van der Waals surface area contributed by atoms with Crippen LogP contribution >= 0.6 is 0 Å². The van der Waals surface area contributed by atoms with Gasteiger partial charge in [0.25, 0.3) is 5.91 Å². The maximum Gasteiger partial charge on any atom is 0.251 e. The second-order valence-corrected chi connectivity index (χ2v) is 6.37. The van der Waals surface area contributed by atoms with Crippen LogP contribution in [0.2, 0.25) is 0 Å². The lowest BCUT2D eigenvalue weighted by Crippen LogP contribution is -2.32. The standard InChI is InChI=1S/C20H20N4O4/c21-19(27)13-3-7-15(8-4-13)23-17(25)12-22-20(28)14-5-9-16(10-6-14)24-11-1-2-18(24)26/h3-10H,1-2,11-12H2,(H2,21,27)(H,22,28)(H,23,25). The van der Waals surface area contributed by atoms with Crippen molar-refractivity contribution in [2.24, 2.45) is 5.73 Å². The molecule has 4 amide bonds. The number of benzene rings is 2. The van der Waals surface area contributed by atoms with Gasteiger partial charge in [-0.15, -0.1) is 0 Å². The lowest BCUT2D eigenvalue weighted by atomic mass is 10.2. The molecule has 3 rings (SSSR count). The molecule has 1 heterocycles. The van der Waals surface area contributed by atoms with Crippen LogP contribution in [0.1, 0.15) is 33.6 Å². The van der Waals surface area contributed by atoms with Crippen LogP contribution in [0.5, 0.6) is 0 Å².